The Morgan fingerprint density at radius 2 is 1.92 bits per heavy atom. The van der Waals surface area contributed by atoms with Gasteiger partial charge < -0.3 is 10.4 Å². The smallest absolute Gasteiger partial charge is 0.137 e. The van der Waals surface area contributed by atoms with Crippen molar-refractivity contribution in [3.63, 3.8) is 0 Å². The van der Waals surface area contributed by atoms with Gasteiger partial charge in [-0.05, 0) is 30.2 Å². The molecule has 0 aliphatic rings. The molecule has 7 heteroatoms. The van der Waals surface area contributed by atoms with Crippen molar-refractivity contribution in [2.75, 3.05) is 30.0 Å². The summed E-state index contributed by atoms with van der Waals surface area (Å²) in [6, 6.07) is 11.8. The van der Waals surface area contributed by atoms with Crippen LogP contribution in [0.5, 0.6) is 0 Å². The molecule has 0 fully saturated rings. The van der Waals surface area contributed by atoms with Gasteiger partial charge in [-0.2, -0.15) is 0 Å². The maximum atomic E-state index is 11.7. The van der Waals surface area contributed by atoms with Crippen LogP contribution in [-0.4, -0.2) is 48.9 Å². The Morgan fingerprint density at radius 3 is 2.73 bits per heavy atom. The molecule has 2 heterocycles. The molecular weight excluding hydrogens is 348 g/mol. The average molecular weight is 370 g/mol. The molecule has 0 saturated carbocycles. The molecule has 3 aromatic rings. The van der Waals surface area contributed by atoms with Crippen molar-refractivity contribution in [2.45, 2.75) is 12.8 Å². The summed E-state index contributed by atoms with van der Waals surface area (Å²) in [6.07, 6.45) is 5.17. The van der Waals surface area contributed by atoms with Gasteiger partial charge in [0, 0.05) is 53.1 Å². The Hall–Kier alpha value is -2.38. The fourth-order valence-electron chi connectivity index (χ4n) is 2.66. The van der Waals surface area contributed by atoms with Crippen LogP contribution in [0, 0.1) is 0 Å². The first-order valence-electron chi connectivity index (χ1n) is 8.60. The molecule has 1 unspecified atom stereocenters. The number of aliphatic hydroxyl groups is 1. The topological polar surface area (TPSA) is 88.0 Å². The van der Waals surface area contributed by atoms with Crippen LogP contribution in [0.4, 0.5) is 5.82 Å². The van der Waals surface area contributed by atoms with E-state index in [1.54, 1.807) is 6.20 Å². The number of nitrogens with one attached hydrogen (secondary N) is 1. The van der Waals surface area contributed by atoms with E-state index in [1.165, 1.54) is 0 Å². The van der Waals surface area contributed by atoms with Gasteiger partial charge in [-0.15, -0.1) is 0 Å². The predicted octanol–water partition coefficient (Wildman–Crippen LogP) is 1.96. The van der Waals surface area contributed by atoms with Crippen LogP contribution in [0.15, 0.2) is 48.8 Å². The SMILES string of the molecule is O=S(CCO)CCNc1nc(CCc2cccnc2)nc2ccccc12. The molecule has 136 valence electrons. The summed E-state index contributed by atoms with van der Waals surface area (Å²) in [5.74, 6) is 2.32. The van der Waals surface area contributed by atoms with Crippen LogP contribution in [-0.2, 0) is 23.6 Å². The average Bonchev–Trinajstić information content (AvgIpc) is 2.67. The van der Waals surface area contributed by atoms with Crippen LogP contribution in [0.25, 0.3) is 10.9 Å². The second-order valence-electron chi connectivity index (χ2n) is 5.87. The van der Waals surface area contributed by atoms with Gasteiger partial charge >= 0.3 is 0 Å². The van der Waals surface area contributed by atoms with E-state index in [4.69, 9.17) is 5.11 Å². The molecule has 1 aromatic carbocycles. The Kier molecular flexibility index (Phi) is 6.62. The molecule has 2 aromatic heterocycles. The van der Waals surface area contributed by atoms with Crippen molar-refractivity contribution in [3.8, 4) is 0 Å². The molecule has 0 aliphatic heterocycles. The van der Waals surface area contributed by atoms with Crippen molar-refractivity contribution in [3.05, 3.63) is 60.2 Å². The number of rotatable bonds is 9. The number of anilines is 1. The van der Waals surface area contributed by atoms with E-state index in [0.717, 1.165) is 41.0 Å². The van der Waals surface area contributed by atoms with E-state index < -0.39 is 10.8 Å². The van der Waals surface area contributed by atoms with Crippen molar-refractivity contribution in [2.24, 2.45) is 0 Å². The first-order valence-corrected chi connectivity index (χ1v) is 10.1. The summed E-state index contributed by atoms with van der Waals surface area (Å²) in [5, 5.41) is 13.1. The first-order chi connectivity index (χ1) is 12.8. The van der Waals surface area contributed by atoms with E-state index in [-0.39, 0.29) is 6.61 Å². The largest absolute Gasteiger partial charge is 0.395 e. The summed E-state index contributed by atoms with van der Waals surface area (Å²) in [5.41, 5.74) is 2.04. The predicted molar refractivity (Wildman–Crippen MR) is 105 cm³/mol. The van der Waals surface area contributed by atoms with E-state index >= 15 is 0 Å². The maximum Gasteiger partial charge on any atom is 0.137 e. The van der Waals surface area contributed by atoms with Crippen molar-refractivity contribution >= 4 is 27.5 Å². The maximum absolute atomic E-state index is 11.7. The van der Waals surface area contributed by atoms with Crippen molar-refractivity contribution < 1.29 is 9.32 Å². The monoisotopic (exact) mass is 370 g/mol. The Morgan fingerprint density at radius 1 is 1.04 bits per heavy atom. The third-order valence-electron chi connectivity index (χ3n) is 3.95. The minimum absolute atomic E-state index is 0.0540. The zero-order chi connectivity index (χ0) is 18.2. The second-order valence-corrected chi connectivity index (χ2v) is 7.56. The van der Waals surface area contributed by atoms with Gasteiger partial charge in [-0.3, -0.25) is 9.19 Å². The highest BCUT2D eigenvalue weighted by atomic mass is 32.2. The normalized spacial score (nSPS) is 12.2. The third-order valence-corrected chi connectivity index (χ3v) is 5.25. The number of pyridine rings is 1. The lowest BCUT2D eigenvalue weighted by Gasteiger charge is -2.11. The number of hydrogen-bond acceptors (Lipinski definition) is 6. The fraction of sp³-hybridized carbons (Fsp3) is 0.316. The number of benzene rings is 1. The summed E-state index contributed by atoms with van der Waals surface area (Å²) in [4.78, 5) is 13.5. The van der Waals surface area contributed by atoms with Gasteiger partial charge in [0.05, 0.1) is 12.1 Å². The zero-order valence-corrected chi connectivity index (χ0v) is 15.3. The van der Waals surface area contributed by atoms with Crippen LogP contribution >= 0.6 is 0 Å². The molecule has 0 radical (unpaired) electrons. The molecular formula is C19H22N4O2S. The molecule has 0 bridgehead atoms. The molecule has 2 N–H and O–H groups in total. The molecule has 6 nitrogen and oxygen atoms in total. The van der Waals surface area contributed by atoms with Crippen LogP contribution < -0.4 is 5.32 Å². The molecule has 26 heavy (non-hydrogen) atoms. The van der Waals surface area contributed by atoms with Crippen LogP contribution in [0.1, 0.15) is 11.4 Å². The molecule has 0 spiro atoms. The summed E-state index contributed by atoms with van der Waals surface area (Å²) < 4.78 is 11.7. The first kappa shape index (κ1) is 18.4. The molecule has 0 aliphatic carbocycles. The van der Waals surface area contributed by atoms with E-state index in [2.05, 4.69) is 20.3 Å². The molecule has 0 amide bonds. The lowest BCUT2D eigenvalue weighted by molar-refractivity contribution is 0.321. The number of hydrogen-bond donors (Lipinski definition) is 2. The highest BCUT2D eigenvalue weighted by molar-refractivity contribution is 7.85. The van der Waals surface area contributed by atoms with Gasteiger partial charge in [0.25, 0.3) is 0 Å². The number of nitrogens with zero attached hydrogens (tertiary/aromatic N) is 3. The minimum Gasteiger partial charge on any atom is -0.395 e. The summed E-state index contributed by atoms with van der Waals surface area (Å²) in [6.45, 7) is 0.483. The Balaban J connectivity index is 1.74. The third kappa shape index (κ3) is 5.06. The summed E-state index contributed by atoms with van der Waals surface area (Å²) in [7, 11) is -1.02. The number of para-hydroxylation sites is 1. The lowest BCUT2D eigenvalue weighted by Crippen LogP contribution is -2.16. The van der Waals surface area contributed by atoms with Gasteiger partial charge in [0.1, 0.15) is 11.6 Å². The minimum atomic E-state index is -1.02. The van der Waals surface area contributed by atoms with Gasteiger partial charge in [0.2, 0.25) is 0 Å². The molecule has 0 saturated heterocycles. The highest BCUT2D eigenvalue weighted by Crippen LogP contribution is 2.20. The zero-order valence-electron chi connectivity index (χ0n) is 14.5. The van der Waals surface area contributed by atoms with E-state index in [1.807, 2.05) is 42.6 Å². The Labute approximate surface area is 155 Å². The standard InChI is InChI=1S/C19H22N4O2S/c24-11-13-26(25)12-10-21-19-16-5-1-2-6-17(16)22-18(23-19)8-7-15-4-3-9-20-14-15/h1-6,9,14,24H,7-8,10-13H2,(H,21,22,23). The lowest BCUT2D eigenvalue weighted by atomic mass is 10.1. The highest BCUT2D eigenvalue weighted by Gasteiger charge is 2.08. The second kappa shape index (κ2) is 9.35. The van der Waals surface area contributed by atoms with Gasteiger partial charge in [-0.1, -0.05) is 18.2 Å². The van der Waals surface area contributed by atoms with Crippen molar-refractivity contribution in [1.29, 1.82) is 0 Å². The van der Waals surface area contributed by atoms with Crippen LogP contribution in [0.2, 0.25) is 0 Å². The van der Waals surface area contributed by atoms with Crippen molar-refractivity contribution in [1.82, 2.24) is 15.0 Å². The number of fused-ring (bicyclic) bond motifs is 1. The van der Waals surface area contributed by atoms with Crippen LogP contribution in [0.3, 0.4) is 0 Å². The fourth-order valence-corrected chi connectivity index (χ4v) is 3.40. The number of aliphatic hydroxyl groups excluding tert-OH is 1. The van der Waals surface area contributed by atoms with Gasteiger partial charge in [-0.25, -0.2) is 9.97 Å². The van der Waals surface area contributed by atoms with E-state index in [9.17, 15) is 4.21 Å². The quantitative estimate of drug-likeness (QED) is 0.599. The van der Waals surface area contributed by atoms with Gasteiger partial charge in [0.15, 0.2) is 0 Å². The van der Waals surface area contributed by atoms with E-state index in [0.29, 0.717) is 18.1 Å². The molecule has 1 atom stereocenters. The number of aromatic nitrogens is 3. The summed E-state index contributed by atoms with van der Waals surface area (Å²) >= 11 is 0. The molecule has 3 rings (SSSR count). The Bertz CT molecular complexity index is 874. The number of aryl methyl sites for hydroxylation is 2.